The second-order valence-corrected chi connectivity index (χ2v) is 5.74. The van der Waals surface area contributed by atoms with Crippen molar-refractivity contribution in [3.8, 4) is 0 Å². The maximum Gasteiger partial charge on any atom is 0.213 e. The molecule has 0 aromatic heterocycles. The Morgan fingerprint density at radius 3 is 2.57 bits per heavy atom. The van der Waals surface area contributed by atoms with Crippen LogP contribution < -0.4 is 0 Å². The first-order valence-corrected chi connectivity index (χ1v) is 6.80. The van der Waals surface area contributed by atoms with Crippen LogP contribution in [0.3, 0.4) is 0 Å². The SMILES string of the molecule is CCN(CC1CCCO1)S(=O)(=O)CC. The van der Waals surface area contributed by atoms with Crippen LogP contribution in [0.15, 0.2) is 0 Å². The largest absolute Gasteiger partial charge is 0.377 e. The molecule has 0 aliphatic carbocycles. The third-order valence-electron chi connectivity index (χ3n) is 2.54. The Kier molecular flexibility index (Phi) is 4.34. The van der Waals surface area contributed by atoms with Gasteiger partial charge in [0.1, 0.15) is 0 Å². The van der Waals surface area contributed by atoms with Crippen LogP contribution in [-0.2, 0) is 14.8 Å². The van der Waals surface area contributed by atoms with Crippen molar-refractivity contribution in [3.05, 3.63) is 0 Å². The number of likely N-dealkylation sites (N-methyl/N-ethyl adjacent to an activating group) is 1. The maximum absolute atomic E-state index is 11.6. The molecule has 0 aromatic rings. The van der Waals surface area contributed by atoms with E-state index in [0.29, 0.717) is 13.1 Å². The second kappa shape index (κ2) is 5.09. The zero-order valence-electron chi connectivity index (χ0n) is 8.90. The minimum Gasteiger partial charge on any atom is -0.377 e. The minimum absolute atomic E-state index is 0.108. The van der Waals surface area contributed by atoms with Crippen LogP contribution in [0.4, 0.5) is 0 Å². The Hall–Kier alpha value is -0.130. The van der Waals surface area contributed by atoms with Gasteiger partial charge in [0, 0.05) is 19.7 Å². The average Bonchev–Trinajstić information content (AvgIpc) is 2.66. The summed E-state index contributed by atoms with van der Waals surface area (Å²) in [5.74, 6) is 0.174. The van der Waals surface area contributed by atoms with Gasteiger partial charge in [0.15, 0.2) is 0 Å². The van der Waals surface area contributed by atoms with Crippen molar-refractivity contribution in [2.24, 2.45) is 0 Å². The van der Waals surface area contributed by atoms with E-state index in [4.69, 9.17) is 4.74 Å². The van der Waals surface area contributed by atoms with Gasteiger partial charge in [-0.05, 0) is 19.8 Å². The maximum atomic E-state index is 11.6. The second-order valence-electron chi connectivity index (χ2n) is 3.49. The van der Waals surface area contributed by atoms with Crippen LogP contribution >= 0.6 is 0 Å². The quantitative estimate of drug-likeness (QED) is 0.691. The summed E-state index contributed by atoms with van der Waals surface area (Å²) in [4.78, 5) is 0. The van der Waals surface area contributed by atoms with Gasteiger partial charge in [0.2, 0.25) is 10.0 Å². The first-order valence-electron chi connectivity index (χ1n) is 5.19. The van der Waals surface area contributed by atoms with E-state index in [1.54, 1.807) is 6.92 Å². The molecule has 14 heavy (non-hydrogen) atoms. The molecule has 1 saturated heterocycles. The molecule has 0 N–H and O–H groups in total. The lowest BCUT2D eigenvalue weighted by molar-refractivity contribution is 0.0947. The predicted molar refractivity (Wildman–Crippen MR) is 55.7 cm³/mol. The zero-order valence-corrected chi connectivity index (χ0v) is 9.72. The molecule has 0 amide bonds. The fourth-order valence-electron chi connectivity index (χ4n) is 1.64. The molecule has 0 aromatic carbocycles. The number of hydrogen-bond donors (Lipinski definition) is 0. The fourth-order valence-corrected chi connectivity index (χ4v) is 2.79. The van der Waals surface area contributed by atoms with Gasteiger partial charge < -0.3 is 4.74 Å². The third-order valence-corrected chi connectivity index (χ3v) is 4.47. The van der Waals surface area contributed by atoms with E-state index in [-0.39, 0.29) is 11.9 Å². The third kappa shape index (κ3) is 2.93. The number of ether oxygens (including phenoxy) is 1. The summed E-state index contributed by atoms with van der Waals surface area (Å²) in [6.07, 6.45) is 2.14. The molecule has 1 atom stereocenters. The molecular formula is C9H19NO3S. The Morgan fingerprint density at radius 2 is 2.14 bits per heavy atom. The molecule has 0 radical (unpaired) electrons. The van der Waals surface area contributed by atoms with Crippen molar-refractivity contribution in [2.75, 3.05) is 25.4 Å². The van der Waals surface area contributed by atoms with Gasteiger partial charge in [0.25, 0.3) is 0 Å². The van der Waals surface area contributed by atoms with Crippen LogP contribution in [0.1, 0.15) is 26.7 Å². The van der Waals surface area contributed by atoms with E-state index in [1.807, 2.05) is 6.92 Å². The van der Waals surface area contributed by atoms with Gasteiger partial charge >= 0.3 is 0 Å². The highest BCUT2D eigenvalue weighted by molar-refractivity contribution is 7.89. The lowest BCUT2D eigenvalue weighted by atomic mass is 10.2. The molecule has 0 saturated carbocycles. The van der Waals surface area contributed by atoms with Crippen molar-refractivity contribution >= 4 is 10.0 Å². The molecule has 1 aliphatic heterocycles. The highest BCUT2D eigenvalue weighted by Crippen LogP contribution is 2.15. The summed E-state index contributed by atoms with van der Waals surface area (Å²) in [5.41, 5.74) is 0. The Balaban J connectivity index is 2.54. The van der Waals surface area contributed by atoms with Gasteiger partial charge in [-0.2, -0.15) is 4.31 Å². The first kappa shape index (κ1) is 11.9. The van der Waals surface area contributed by atoms with Crippen molar-refractivity contribution in [1.29, 1.82) is 0 Å². The number of hydrogen-bond acceptors (Lipinski definition) is 3. The number of rotatable bonds is 5. The summed E-state index contributed by atoms with van der Waals surface area (Å²) in [7, 11) is -3.04. The summed E-state index contributed by atoms with van der Waals surface area (Å²) in [5, 5.41) is 0. The molecule has 5 heteroatoms. The van der Waals surface area contributed by atoms with Crippen molar-refractivity contribution < 1.29 is 13.2 Å². The highest BCUT2D eigenvalue weighted by atomic mass is 32.2. The number of nitrogens with zero attached hydrogens (tertiary/aromatic N) is 1. The highest BCUT2D eigenvalue weighted by Gasteiger charge is 2.24. The van der Waals surface area contributed by atoms with E-state index in [0.717, 1.165) is 19.4 Å². The van der Waals surface area contributed by atoms with Crippen LogP contribution in [-0.4, -0.2) is 44.3 Å². The van der Waals surface area contributed by atoms with Crippen molar-refractivity contribution in [3.63, 3.8) is 0 Å². The van der Waals surface area contributed by atoms with E-state index in [1.165, 1.54) is 4.31 Å². The minimum atomic E-state index is -3.04. The molecule has 0 spiro atoms. The monoisotopic (exact) mass is 221 g/mol. The summed E-state index contributed by atoms with van der Waals surface area (Å²) < 4.78 is 30.1. The number of sulfonamides is 1. The Labute approximate surface area is 86.3 Å². The predicted octanol–water partition coefficient (Wildman–Crippen LogP) is 0.837. The van der Waals surface area contributed by atoms with Crippen LogP contribution in [0.5, 0.6) is 0 Å². The normalized spacial score (nSPS) is 23.2. The van der Waals surface area contributed by atoms with Gasteiger partial charge in [-0.1, -0.05) is 6.92 Å². The van der Waals surface area contributed by atoms with Gasteiger partial charge in [-0.3, -0.25) is 0 Å². The van der Waals surface area contributed by atoms with Gasteiger partial charge in [0.05, 0.1) is 11.9 Å². The summed E-state index contributed by atoms with van der Waals surface area (Å²) in [6.45, 7) is 5.37. The van der Waals surface area contributed by atoms with Gasteiger partial charge in [-0.25, -0.2) is 8.42 Å². The topological polar surface area (TPSA) is 46.6 Å². The van der Waals surface area contributed by atoms with Crippen LogP contribution in [0.25, 0.3) is 0 Å². The Morgan fingerprint density at radius 1 is 1.43 bits per heavy atom. The molecule has 1 heterocycles. The first-order chi connectivity index (χ1) is 6.60. The lowest BCUT2D eigenvalue weighted by Crippen LogP contribution is -2.38. The standard InChI is InChI=1S/C9H19NO3S/c1-3-10(14(11,12)4-2)8-9-6-5-7-13-9/h9H,3-8H2,1-2H3. The zero-order chi connectivity index (χ0) is 10.6. The van der Waals surface area contributed by atoms with E-state index < -0.39 is 10.0 Å². The summed E-state index contributed by atoms with van der Waals surface area (Å²) >= 11 is 0. The summed E-state index contributed by atoms with van der Waals surface area (Å²) in [6, 6.07) is 0. The van der Waals surface area contributed by atoms with E-state index in [9.17, 15) is 8.42 Å². The smallest absolute Gasteiger partial charge is 0.213 e. The lowest BCUT2D eigenvalue weighted by Gasteiger charge is -2.22. The molecule has 84 valence electrons. The van der Waals surface area contributed by atoms with Crippen molar-refractivity contribution in [2.45, 2.75) is 32.8 Å². The molecule has 4 nitrogen and oxygen atoms in total. The molecule has 1 fully saturated rings. The van der Waals surface area contributed by atoms with Crippen LogP contribution in [0, 0.1) is 0 Å². The Bertz CT molecular complexity index is 257. The molecule has 1 rings (SSSR count). The average molecular weight is 221 g/mol. The van der Waals surface area contributed by atoms with E-state index >= 15 is 0 Å². The van der Waals surface area contributed by atoms with E-state index in [2.05, 4.69) is 0 Å². The van der Waals surface area contributed by atoms with Gasteiger partial charge in [-0.15, -0.1) is 0 Å². The molecule has 0 bridgehead atoms. The molecule has 1 aliphatic rings. The fraction of sp³-hybridized carbons (Fsp3) is 1.00. The molecule has 1 unspecified atom stereocenters. The van der Waals surface area contributed by atoms with Crippen LogP contribution in [0.2, 0.25) is 0 Å². The van der Waals surface area contributed by atoms with Crippen molar-refractivity contribution in [1.82, 2.24) is 4.31 Å². The molecular weight excluding hydrogens is 202 g/mol.